The van der Waals surface area contributed by atoms with Gasteiger partial charge >= 0.3 is 0 Å². The first kappa shape index (κ1) is 18.6. The highest BCUT2D eigenvalue weighted by molar-refractivity contribution is 7.89. The largest absolute Gasteiger partial charge is 0.494 e. The molecule has 2 aromatic carbocycles. The monoisotopic (exact) mass is 386 g/mol. The minimum Gasteiger partial charge on any atom is -0.494 e. The molecule has 0 aliphatic heterocycles. The Labute approximate surface area is 151 Å². The van der Waals surface area contributed by atoms with Crippen molar-refractivity contribution in [3.63, 3.8) is 0 Å². The van der Waals surface area contributed by atoms with E-state index in [1.54, 1.807) is 37.3 Å². The summed E-state index contributed by atoms with van der Waals surface area (Å²) in [7, 11) is -3.79. The lowest BCUT2D eigenvalue weighted by Crippen LogP contribution is -2.20. The van der Waals surface area contributed by atoms with Crippen molar-refractivity contribution in [3.05, 3.63) is 58.1 Å². The summed E-state index contributed by atoms with van der Waals surface area (Å²) in [5, 5.41) is 4.82. The molecule has 0 fully saturated rings. The van der Waals surface area contributed by atoms with Crippen LogP contribution < -0.4 is 9.57 Å². The maximum absolute atomic E-state index is 12.3. The molecular formula is C16H16Cl2N2O3S. The van der Waals surface area contributed by atoms with E-state index in [9.17, 15) is 8.42 Å². The molecule has 0 saturated heterocycles. The number of halogens is 2. The lowest BCUT2D eigenvalue weighted by atomic mass is 10.1. The summed E-state index contributed by atoms with van der Waals surface area (Å²) in [6, 6.07) is 11.0. The summed E-state index contributed by atoms with van der Waals surface area (Å²) in [5.41, 5.74) is 0.954. The van der Waals surface area contributed by atoms with E-state index in [4.69, 9.17) is 27.9 Å². The van der Waals surface area contributed by atoms with Crippen LogP contribution in [0.3, 0.4) is 0 Å². The van der Waals surface area contributed by atoms with Gasteiger partial charge in [-0.3, -0.25) is 0 Å². The molecule has 0 aliphatic rings. The van der Waals surface area contributed by atoms with Gasteiger partial charge in [0, 0.05) is 15.6 Å². The number of sulfonamides is 1. The van der Waals surface area contributed by atoms with Crippen molar-refractivity contribution < 1.29 is 13.2 Å². The number of hydrazone groups is 1. The number of ether oxygens (including phenoxy) is 1. The van der Waals surface area contributed by atoms with Crippen LogP contribution in [-0.4, -0.2) is 20.7 Å². The van der Waals surface area contributed by atoms with Gasteiger partial charge in [-0.25, -0.2) is 0 Å². The summed E-state index contributed by atoms with van der Waals surface area (Å²) in [6.07, 6.45) is 0. The Morgan fingerprint density at radius 1 is 1.17 bits per heavy atom. The maximum Gasteiger partial charge on any atom is 0.276 e. The zero-order valence-corrected chi connectivity index (χ0v) is 15.4. The summed E-state index contributed by atoms with van der Waals surface area (Å²) >= 11 is 12.0. The van der Waals surface area contributed by atoms with E-state index < -0.39 is 10.0 Å². The number of benzene rings is 2. The Morgan fingerprint density at radius 2 is 1.83 bits per heavy atom. The molecule has 2 rings (SSSR count). The van der Waals surface area contributed by atoms with Crippen LogP contribution in [0.2, 0.25) is 10.0 Å². The van der Waals surface area contributed by atoms with E-state index in [0.29, 0.717) is 33.7 Å². The third-order valence-electron chi connectivity index (χ3n) is 3.10. The van der Waals surface area contributed by atoms with Crippen LogP contribution in [0.15, 0.2) is 52.5 Å². The summed E-state index contributed by atoms with van der Waals surface area (Å²) in [6.45, 7) is 4.00. The second-order valence-electron chi connectivity index (χ2n) is 4.82. The van der Waals surface area contributed by atoms with Gasteiger partial charge in [0.15, 0.2) is 0 Å². The quantitative estimate of drug-likeness (QED) is 0.600. The molecule has 0 amide bonds. The molecule has 0 aliphatic carbocycles. The van der Waals surface area contributed by atoms with E-state index in [0.717, 1.165) is 0 Å². The molecular weight excluding hydrogens is 371 g/mol. The predicted molar refractivity (Wildman–Crippen MR) is 96.6 cm³/mol. The van der Waals surface area contributed by atoms with Gasteiger partial charge in [0.2, 0.25) is 0 Å². The van der Waals surface area contributed by atoms with Crippen LogP contribution in [0.4, 0.5) is 0 Å². The molecule has 0 radical (unpaired) electrons. The fourth-order valence-electron chi connectivity index (χ4n) is 1.90. The Morgan fingerprint density at radius 3 is 2.46 bits per heavy atom. The fraction of sp³-hybridized carbons (Fsp3) is 0.188. The third-order valence-corrected chi connectivity index (χ3v) is 4.89. The van der Waals surface area contributed by atoms with Gasteiger partial charge in [0.1, 0.15) is 5.75 Å². The number of hydrogen-bond acceptors (Lipinski definition) is 4. The minimum absolute atomic E-state index is 0.0831. The van der Waals surface area contributed by atoms with Gasteiger partial charge in [-0.05, 0) is 56.3 Å². The molecule has 0 bridgehead atoms. The predicted octanol–water partition coefficient (Wildman–Crippen LogP) is 4.09. The highest BCUT2D eigenvalue weighted by atomic mass is 35.5. The van der Waals surface area contributed by atoms with Crippen molar-refractivity contribution in [3.8, 4) is 5.75 Å². The first-order valence-corrected chi connectivity index (χ1v) is 9.32. The molecule has 1 N–H and O–H groups in total. The fourth-order valence-corrected chi connectivity index (χ4v) is 3.18. The molecule has 128 valence electrons. The van der Waals surface area contributed by atoms with E-state index in [-0.39, 0.29) is 4.90 Å². The number of hydrogen-bond donors (Lipinski definition) is 1. The van der Waals surface area contributed by atoms with Crippen molar-refractivity contribution in [1.82, 2.24) is 4.83 Å². The highest BCUT2D eigenvalue weighted by Crippen LogP contribution is 2.21. The van der Waals surface area contributed by atoms with E-state index in [1.165, 1.54) is 12.1 Å². The van der Waals surface area contributed by atoms with Gasteiger partial charge in [-0.2, -0.15) is 18.4 Å². The smallest absolute Gasteiger partial charge is 0.276 e. The normalized spacial score (nSPS) is 12.1. The molecule has 0 saturated carbocycles. The highest BCUT2D eigenvalue weighted by Gasteiger charge is 2.14. The van der Waals surface area contributed by atoms with Gasteiger partial charge in [-0.15, -0.1) is 0 Å². The molecule has 5 nitrogen and oxygen atoms in total. The molecule has 0 heterocycles. The van der Waals surface area contributed by atoms with Crippen molar-refractivity contribution in [2.45, 2.75) is 18.7 Å². The minimum atomic E-state index is -3.79. The Hall–Kier alpha value is -1.76. The van der Waals surface area contributed by atoms with Crippen molar-refractivity contribution in [1.29, 1.82) is 0 Å². The molecule has 0 spiro atoms. The molecule has 8 heteroatoms. The van der Waals surface area contributed by atoms with Gasteiger partial charge in [0.05, 0.1) is 17.2 Å². The van der Waals surface area contributed by atoms with Crippen LogP contribution >= 0.6 is 23.2 Å². The van der Waals surface area contributed by atoms with Gasteiger partial charge < -0.3 is 4.74 Å². The Balaban J connectivity index is 2.20. The second-order valence-corrected chi connectivity index (χ2v) is 7.33. The lowest BCUT2D eigenvalue weighted by molar-refractivity contribution is 0.340. The van der Waals surface area contributed by atoms with Crippen molar-refractivity contribution in [2.75, 3.05) is 6.61 Å². The summed E-state index contributed by atoms with van der Waals surface area (Å²) in [5.74, 6) is 0.599. The first-order valence-electron chi connectivity index (χ1n) is 7.08. The topological polar surface area (TPSA) is 67.8 Å². The third kappa shape index (κ3) is 4.63. The zero-order chi connectivity index (χ0) is 17.7. The van der Waals surface area contributed by atoms with Crippen LogP contribution in [0, 0.1) is 0 Å². The Bertz CT molecular complexity index is 850. The SMILES string of the molecule is CCOc1ccc(S(=O)(=O)N/N=C(/C)c2cc(Cl)ccc2Cl)cc1. The van der Waals surface area contributed by atoms with E-state index in [2.05, 4.69) is 9.93 Å². The van der Waals surface area contributed by atoms with Gasteiger partial charge in [0.25, 0.3) is 10.0 Å². The first-order chi connectivity index (χ1) is 11.3. The average Bonchev–Trinajstić information content (AvgIpc) is 2.56. The van der Waals surface area contributed by atoms with E-state index in [1.807, 2.05) is 6.92 Å². The van der Waals surface area contributed by atoms with Crippen LogP contribution in [0.1, 0.15) is 19.4 Å². The summed E-state index contributed by atoms with van der Waals surface area (Å²) < 4.78 is 29.8. The molecule has 0 unspecified atom stereocenters. The van der Waals surface area contributed by atoms with Crippen LogP contribution in [-0.2, 0) is 10.0 Å². The average molecular weight is 387 g/mol. The number of rotatable bonds is 6. The number of nitrogens with zero attached hydrogens (tertiary/aromatic N) is 1. The molecule has 2 aromatic rings. The van der Waals surface area contributed by atoms with Gasteiger partial charge in [-0.1, -0.05) is 23.2 Å². The Kier molecular flexibility index (Phi) is 6.10. The molecule has 0 atom stereocenters. The number of nitrogens with one attached hydrogen (secondary N) is 1. The second kappa shape index (κ2) is 7.88. The van der Waals surface area contributed by atoms with Crippen molar-refractivity contribution in [2.24, 2.45) is 5.10 Å². The molecule has 24 heavy (non-hydrogen) atoms. The standard InChI is InChI=1S/C16H16Cl2N2O3S/c1-3-23-13-5-7-14(8-6-13)24(21,22)20-19-11(2)15-10-12(17)4-9-16(15)18/h4-10,20H,3H2,1-2H3/b19-11-. The maximum atomic E-state index is 12.3. The molecule has 0 aromatic heterocycles. The zero-order valence-electron chi connectivity index (χ0n) is 13.1. The lowest BCUT2D eigenvalue weighted by Gasteiger charge is -2.08. The van der Waals surface area contributed by atoms with E-state index >= 15 is 0 Å². The van der Waals surface area contributed by atoms with Crippen molar-refractivity contribution >= 4 is 38.9 Å². The summed E-state index contributed by atoms with van der Waals surface area (Å²) in [4.78, 5) is 2.27. The van der Waals surface area contributed by atoms with Crippen LogP contribution in [0.25, 0.3) is 0 Å². The van der Waals surface area contributed by atoms with Crippen LogP contribution in [0.5, 0.6) is 5.75 Å².